The number of phenols is 2. The molecule has 3 aliphatic heterocycles. The predicted molar refractivity (Wildman–Crippen MR) is 230 cm³/mol. The number of carbonyl (C=O) groups is 3. The minimum atomic E-state index is -5.71. The number of amides is 2. The van der Waals surface area contributed by atoms with Crippen LogP contribution in [0.2, 0.25) is 0 Å². The number of benzene rings is 3. The Kier molecular flexibility index (Phi) is 14.6. The molecular weight excluding hydrogens is 949 g/mol. The Balaban J connectivity index is 0.820. The standard InChI is InChI=1S/C40H43N4O20P3/c45-25-9-13-30-32(19-25)61-33-20-26(46)10-14-31(33)40(30)29-12-8-23(18-28(29)38(50)62-40)36(48)42-16-4-2-1-3-7-34(47)41-17-5-6-24-21-44(39(51)43-37(24)49)35-15-11-27(60-35)22-59-66(55,56)64-67(57,58)63-65(52,53)54/h5-6,8-10,12-14,18-21,27,35,45-46H,1-4,7,11,15-17,22H2,(H,41,47)(H,42,48)(H,55,56)(H,57,58)(H,43,49,51)(H2,52,53,54)/b6-5+/t27-,35+/m0/s1. The van der Waals surface area contributed by atoms with Crippen molar-refractivity contribution >= 4 is 47.3 Å². The maximum Gasteiger partial charge on any atom is 0.490 e. The molecule has 4 atom stereocenters. The summed E-state index contributed by atoms with van der Waals surface area (Å²) in [5.74, 6) is -0.997. The van der Waals surface area contributed by atoms with Gasteiger partial charge >= 0.3 is 35.1 Å². The van der Waals surface area contributed by atoms with E-state index in [0.29, 0.717) is 48.9 Å². The number of aromatic nitrogens is 2. The van der Waals surface area contributed by atoms with Gasteiger partial charge in [0.2, 0.25) is 5.91 Å². The Morgan fingerprint density at radius 3 is 2.19 bits per heavy atom. The lowest BCUT2D eigenvalue weighted by Crippen LogP contribution is -2.33. The van der Waals surface area contributed by atoms with E-state index in [2.05, 4.69) is 28.8 Å². The third kappa shape index (κ3) is 11.7. The molecule has 1 aromatic heterocycles. The lowest BCUT2D eigenvalue weighted by molar-refractivity contribution is -0.121. The summed E-state index contributed by atoms with van der Waals surface area (Å²) in [4.78, 5) is 102. The molecule has 1 fully saturated rings. The zero-order valence-electron chi connectivity index (χ0n) is 34.8. The van der Waals surface area contributed by atoms with Crippen LogP contribution in [0.25, 0.3) is 6.08 Å². The van der Waals surface area contributed by atoms with E-state index in [0.717, 1.165) is 4.57 Å². The maximum atomic E-state index is 13.4. The normalized spacial score (nSPS) is 18.8. The van der Waals surface area contributed by atoms with Crippen molar-refractivity contribution in [1.29, 1.82) is 0 Å². The second-order valence-corrected chi connectivity index (χ2v) is 19.8. The Morgan fingerprint density at radius 2 is 1.51 bits per heavy atom. The molecule has 2 amide bonds. The fourth-order valence-electron chi connectivity index (χ4n) is 7.69. The molecule has 67 heavy (non-hydrogen) atoms. The highest BCUT2D eigenvalue weighted by molar-refractivity contribution is 7.66. The molecule has 0 bridgehead atoms. The molecule has 2 unspecified atom stereocenters. The van der Waals surface area contributed by atoms with Gasteiger partial charge in [-0.15, -0.1) is 0 Å². The second kappa shape index (κ2) is 19.8. The van der Waals surface area contributed by atoms with Crippen LogP contribution < -0.4 is 26.6 Å². The minimum absolute atomic E-state index is 0.0331. The SMILES string of the molecule is O=C(CCCCCCNC(=O)c1ccc2c(c1)C(=O)OC21c2ccc(O)cc2Oc2cc(O)ccc21)NC/C=C/c1cn([C@H]2CC[C@@H](COP(=O)(O)OP(=O)(O)OP(=O)(O)O)O2)c(=O)[nH]c1=O. The van der Waals surface area contributed by atoms with Crippen molar-refractivity contribution < 1.29 is 85.2 Å². The number of hydrogen-bond donors (Lipinski definition) is 9. The number of esters is 1. The number of phosphoric ester groups is 1. The number of carbonyl (C=O) groups excluding carboxylic acids is 3. The Morgan fingerprint density at radius 1 is 0.836 bits per heavy atom. The Bertz CT molecular complexity index is 2840. The number of hydrogen-bond acceptors (Lipinski definition) is 16. The van der Waals surface area contributed by atoms with Crippen LogP contribution in [0, 0.1) is 0 Å². The van der Waals surface area contributed by atoms with Gasteiger partial charge in [-0.3, -0.25) is 28.5 Å². The number of unbranched alkanes of at least 4 members (excludes halogenated alkanes) is 3. The summed E-state index contributed by atoms with van der Waals surface area (Å²) in [5, 5.41) is 25.8. The smallest absolute Gasteiger partial charge is 0.490 e. The maximum absolute atomic E-state index is 13.4. The van der Waals surface area contributed by atoms with E-state index in [1.54, 1.807) is 24.3 Å². The van der Waals surface area contributed by atoms with Gasteiger partial charge < -0.3 is 54.6 Å². The molecule has 0 radical (unpaired) electrons. The average molecular weight is 993 g/mol. The topological polar surface area (TPSA) is 358 Å². The largest absolute Gasteiger partial charge is 0.508 e. The molecule has 27 heteroatoms. The third-order valence-corrected chi connectivity index (χ3v) is 14.4. The fraction of sp³-hybridized carbons (Fsp3) is 0.325. The highest BCUT2D eigenvalue weighted by Crippen LogP contribution is 2.66. The minimum Gasteiger partial charge on any atom is -0.508 e. The quantitative estimate of drug-likeness (QED) is 0.0363. The number of rotatable bonds is 19. The molecule has 9 N–H and O–H groups in total. The summed E-state index contributed by atoms with van der Waals surface area (Å²) in [6.07, 6.45) is 5.22. The average Bonchev–Trinajstić information content (AvgIpc) is 3.82. The number of phenolic OH excluding ortho intramolecular Hbond substituents is 2. The van der Waals surface area contributed by atoms with Crippen molar-refractivity contribution in [2.45, 2.75) is 62.9 Å². The number of phosphoric acid groups is 3. The number of aromatic hydroxyl groups is 2. The predicted octanol–water partition coefficient (Wildman–Crippen LogP) is 4.05. The first-order valence-electron chi connectivity index (χ1n) is 20.4. The van der Waals surface area contributed by atoms with Gasteiger partial charge in [0, 0.05) is 60.1 Å². The van der Waals surface area contributed by atoms with Gasteiger partial charge in [0.1, 0.15) is 29.2 Å². The van der Waals surface area contributed by atoms with Crippen molar-refractivity contribution in [3.05, 3.63) is 121 Å². The molecule has 358 valence electrons. The zero-order valence-corrected chi connectivity index (χ0v) is 37.5. The van der Waals surface area contributed by atoms with E-state index in [9.17, 15) is 57.7 Å². The van der Waals surface area contributed by atoms with Crippen LogP contribution in [0.1, 0.15) is 94.1 Å². The fourth-order valence-corrected chi connectivity index (χ4v) is 10.7. The molecule has 0 saturated carbocycles. The summed E-state index contributed by atoms with van der Waals surface area (Å²) >= 11 is 0. The molecular formula is C40H43N4O20P3. The van der Waals surface area contributed by atoms with Crippen molar-refractivity contribution in [3.63, 3.8) is 0 Å². The van der Waals surface area contributed by atoms with Gasteiger partial charge in [-0.2, -0.15) is 8.62 Å². The first-order valence-corrected chi connectivity index (χ1v) is 24.9. The van der Waals surface area contributed by atoms with Gasteiger partial charge in [0.15, 0.2) is 5.60 Å². The summed E-state index contributed by atoms with van der Waals surface area (Å²) < 4.78 is 65.0. The van der Waals surface area contributed by atoms with Gasteiger partial charge in [-0.1, -0.05) is 31.1 Å². The molecule has 1 spiro atoms. The van der Waals surface area contributed by atoms with E-state index in [1.165, 1.54) is 48.7 Å². The van der Waals surface area contributed by atoms with Gasteiger partial charge in [0.05, 0.1) is 23.8 Å². The van der Waals surface area contributed by atoms with Crippen LogP contribution in [0.15, 0.2) is 76.5 Å². The molecule has 1 saturated heterocycles. The van der Waals surface area contributed by atoms with Gasteiger partial charge in [-0.25, -0.2) is 23.3 Å². The lowest BCUT2D eigenvalue weighted by atomic mass is 9.77. The van der Waals surface area contributed by atoms with Crippen molar-refractivity contribution in [2.24, 2.45) is 0 Å². The number of nitrogens with zero attached hydrogens (tertiary/aromatic N) is 1. The van der Waals surface area contributed by atoms with Crippen LogP contribution in [0.4, 0.5) is 0 Å². The summed E-state index contributed by atoms with van der Waals surface area (Å²) in [6, 6.07) is 13.5. The Labute approximate surface area is 378 Å². The number of nitrogens with one attached hydrogen (secondary N) is 3. The Hall–Kier alpha value is -5.74. The molecule has 3 aliphatic rings. The summed E-state index contributed by atoms with van der Waals surface area (Å²) in [7, 11) is -16.7. The van der Waals surface area contributed by atoms with E-state index >= 15 is 0 Å². The van der Waals surface area contributed by atoms with Crippen molar-refractivity contribution in [1.82, 2.24) is 20.2 Å². The second-order valence-electron chi connectivity index (χ2n) is 15.3. The van der Waals surface area contributed by atoms with E-state index in [1.807, 2.05) is 0 Å². The first-order chi connectivity index (χ1) is 31.6. The highest BCUT2D eigenvalue weighted by atomic mass is 31.3. The number of H-pyrrole nitrogens is 1. The molecule has 3 aromatic carbocycles. The van der Waals surface area contributed by atoms with Crippen LogP contribution in [-0.2, 0) is 46.7 Å². The lowest BCUT2D eigenvalue weighted by Gasteiger charge is -2.36. The summed E-state index contributed by atoms with van der Waals surface area (Å²) in [5.41, 5.74) is -1.18. The highest BCUT2D eigenvalue weighted by Gasteiger charge is 2.54. The zero-order chi connectivity index (χ0) is 48.3. The van der Waals surface area contributed by atoms with Gasteiger partial charge in [0.25, 0.3) is 11.5 Å². The molecule has 4 aromatic rings. The van der Waals surface area contributed by atoms with E-state index in [4.69, 9.17) is 24.0 Å². The monoisotopic (exact) mass is 992 g/mol. The van der Waals surface area contributed by atoms with Crippen LogP contribution in [-0.4, -0.2) is 82.9 Å². The third-order valence-electron chi connectivity index (χ3n) is 10.6. The first kappa shape index (κ1) is 49.2. The van der Waals surface area contributed by atoms with E-state index in [-0.39, 0.29) is 71.4 Å². The van der Waals surface area contributed by atoms with Crippen molar-refractivity contribution in [3.8, 4) is 23.0 Å². The molecule has 0 aliphatic carbocycles. The number of fused-ring (bicyclic) bond motifs is 6. The number of ether oxygens (including phenoxy) is 3. The van der Waals surface area contributed by atoms with Crippen LogP contribution in [0.3, 0.4) is 0 Å². The molecule has 4 heterocycles. The summed E-state index contributed by atoms with van der Waals surface area (Å²) in [6.45, 7) is -0.323. The van der Waals surface area contributed by atoms with Crippen LogP contribution in [0.5, 0.6) is 23.0 Å². The van der Waals surface area contributed by atoms with E-state index < -0.39 is 71.1 Å². The number of aromatic amines is 1. The van der Waals surface area contributed by atoms with Crippen molar-refractivity contribution in [2.75, 3.05) is 19.7 Å². The molecule has 7 rings (SSSR count). The van der Waals surface area contributed by atoms with Gasteiger partial charge in [-0.05, 0) is 62.1 Å². The molecule has 24 nitrogen and oxygen atoms in total. The van der Waals surface area contributed by atoms with Crippen LogP contribution >= 0.6 is 23.5 Å².